The van der Waals surface area contributed by atoms with Crippen molar-refractivity contribution in [1.29, 1.82) is 0 Å². The Morgan fingerprint density at radius 3 is 2.70 bits per heavy atom. The van der Waals surface area contributed by atoms with Gasteiger partial charge < -0.3 is 24.3 Å². The fraction of sp³-hybridized carbons (Fsp3) is 0.591. The van der Waals surface area contributed by atoms with Gasteiger partial charge in [-0.2, -0.15) is 0 Å². The molecule has 2 aliphatic rings. The van der Waals surface area contributed by atoms with Gasteiger partial charge in [0.1, 0.15) is 5.65 Å². The van der Waals surface area contributed by atoms with E-state index in [1.165, 1.54) is 5.56 Å². The number of fused-ring (bicyclic) bond motifs is 1. The average molecular weight is 413 g/mol. The molecule has 8 heteroatoms. The molecule has 2 aromatic rings. The summed E-state index contributed by atoms with van der Waals surface area (Å²) in [4.78, 5) is 26.1. The Hall–Kier alpha value is -2.61. The SMILES string of the molecule is CN=C(NCCc1cn2cccc(C)c2n1)N1CCC(C(=O)N2CCOCC2)CC1. The molecule has 8 nitrogen and oxygen atoms in total. The van der Waals surface area contributed by atoms with E-state index in [4.69, 9.17) is 9.72 Å². The highest BCUT2D eigenvalue weighted by molar-refractivity contribution is 5.81. The number of nitrogens with one attached hydrogen (secondary N) is 1. The molecule has 4 rings (SSSR count). The number of morpholine rings is 1. The molecule has 2 saturated heterocycles. The second-order valence-electron chi connectivity index (χ2n) is 8.08. The molecule has 0 radical (unpaired) electrons. The maximum absolute atomic E-state index is 12.7. The van der Waals surface area contributed by atoms with Crippen molar-refractivity contribution in [2.75, 3.05) is 53.0 Å². The molecule has 2 aliphatic heterocycles. The number of rotatable bonds is 4. The van der Waals surface area contributed by atoms with Crippen LogP contribution in [0.4, 0.5) is 0 Å². The Morgan fingerprint density at radius 2 is 2.00 bits per heavy atom. The normalized spacial score (nSPS) is 18.8. The first-order chi connectivity index (χ1) is 14.7. The number of carbonyl (C=O) groups excluding carboxylic acids is 1. The number of hydrogen-bond acceptors (Lipinski definition) is 4. The van der Waals surface area contributed by atoms with Gasteiger partial charge in [-0.3, -0.25) is 9.79 Å². The number of likely N-dealkylation sites (tertiary alicyclic amines) is 1. The number of guanidine groups is 1. The molecule has 162 valence electrons. The molecule has 0 saturated carbocycles. The van der Waals surface area contributed by atoms with Crippen LogP contribution >= 0.6 is 0 Å². The van der Waals surface area contributed by atoms with Crippen molar-refractivity contribution in [1.82, 2.24) is 24.5 Å². The summed E-state index contributed by atoms with van der Waals surface area (Å²) in [5.74, 6) is 1.33. The van der Waals surface area contributed by atoms with Crippen molar-refractivity contribution in [3.05, 3.63) is 35.8 Å². The van der Waals surface area contributed by atoms with Crippen molar-refractivity contribution >= 4 is 17.5 Å². The molecule has 0 spiro atoms. The van der Waals surface area contributed by atoms with Crippen molar-refractivity contribution in [2.24, 2.45) is 10.9 Å². The van der Waals surface area contributed by atoms with Gasteiger partial charge in [-0.25, -0.2) is 4.98 Å². The van der Waals surface area contributed by atoms with Crippen LogP contribution in [0.1, 0.15) is 24.1 Å². The van der Waals surface area contributed by atoms with E-state index >= 15 is 0 Å². The largest absolute Gasteiger partial charge is 0.378 e. The third kappa shape index (κ3) is 4.59. The smallest absolute Gasteiger partial charge is 0.225 e. The molecule has 4 heterocycles. The molecule has 1 amide bonds. The highest BCUT2D eigenvalue weighted by Gasteiger charge is 2.30. The van der Waals surface area contributed by atoms with Gasteiger partial charge in [0.15, 0.2) is 5.96 Å². The van der Waals surface area contributed by atoms with Gasteiger partial charge in [0, 0.05) is 64.5 Å². The molecule has 0 bridgehead atoms. The summed E-state index contributed by atoms with van der Waals surface area (Å²) in [6, 6.07) is 4.13. The van der Waals surface area contributed by atoms with E-state index in [0.29, 0.717) is 19.1 Å². The van der Waals surface area contributed by atoms with Gasteiger partial charge >= 0.3 is 0 Å². The predicted octanol–water partition coefficient (Wildman–Crippen LogP) is 1.33. The van der Waals surface area contributed by atoms with Crippen LogP contribution in [0.15, 0.2) is 29.5 Å². The summed E-state index contributed by atoms with van der Waals surface area (Å²) >= 11 is 0. The number of ether oxygens (including phenoxy) is 1. The highest BCUT2D eigenvalue weighted by Crippen LogP contribution is 2.20. The Kier molecular flexibility index (Phi) is 6.52. The van der Waals surface area contributed by atoms with Crippen LogP contribution in [-0.2, 0) is 16.0 Å². The van der Waals surface area contributed by atoms with Crippen molar-refractivity contribution in [3.8, 4) is 0 Å². The van der Waals surface area contributed by atoms with Gasteiger partial charge in [0.05, 0.1) is 18.9 Å². The van der Waals surface area contributed by atoms with Crippen LogP contribution in [0.2, 0.25) is 0 Å². The number of piperidine rings is 1. The quantitative estimate of drug-likeness (QED) is 0.606. The minimum absolute atomic E-state index is 0.124. The average Bonchev–Trinajstić information content (AvgIpc) is 3.21. The maximum atomic E-state index is 12.7. The highest BCUT2D eigenvalue weighted by atomic mass is 16.5. The molecule has 0 aromatic carbocycles. The first kappa shape index (κ1) is 20.7. The molecule has 2 aromatic heterocycles. The molecular formula is C22H32N6O2. The summed E-state index contributed by atoms with van der Waals surface area (Å²) in [6.07, 6.45) is 6.72. The number of imidazole rings is 1. The summed E-state index contributed by atoms with van der Waals surface area (Å²) < 4.78 is 7.44. The third-order valence-corrected chi connectivity index (χ3v) is 6.07. The van der Waals surface area contributed by atoms with Gasteiger partial charge in [-0.1, -0.05) is 6.07 Å². The van der Waals surface area contributed by atoms with Gasteiger partial charge in [-0.15, -0.1) is 0 Å². The van der Waals surface area contributed by atoms with Crippen molar-refractivity contribution in [3.63, 3.8) is 0 Å². The lowest BCUT2D eigenvalue weighted by Gasteiger charge is -2.36. The molecule has 1 N–H and O–H groups in total. The van der Waals surface area contributed by atoms with E-state index in [1.54, 1.807) is 0 Å². The van der Waals surface area contributed by atoms with Gasteiger partial charge in [0.2, 0.25) is 5.91 Å². The molecular weight excluding hydrogens is 380 g/mol. The maximum Gasteiger partial charge on any atom is 0.225 e. The second-order valence-corrected chi connectivity index (χ2v) is 8.08. The summed E-state index contributed by atoms with van der Waals surface area (Å²) in [5.41, 5.74) is 3.27. The Labute approximate surface area is 177 Å². The molecule has 30 heavy (non-hydrogen) atoms. The van der Waals surface area contributed by atoms with E-state index in [1.807, 2.05) is 24.2 Å². The summed E-state index contributed by atoms with van der Waals surface area (Å²) in [5, 5.41) is 3.47. The lowest BCUT2D eigenvalue weighted by Crippen LogP contribution is -2.50. The van der Waals surface area contributed by atoms with Gasteiger partial charge in [0.25, 0.3) is 0 Å². The summed E-state index contributed by atoms with van der Waals surface area (Å²) in [7, 11) is 1.82. The molecule has 0 aliphatic carbocycles. The van der Waals surface area contributed by atoms with E-state index in [0.717, 1.165) is 69.3 Å². The number of aromatic nitrogens is 2. The van der Waals surface area contributed by atoms with Crippen molar-refractivity contribution in [2.45, 2.75) is 26.2 Å². The first-order valence-electron chi connectivity index (χ1n) is 10.9. The first-order valence-corrected chi connectivity index (χ1v) is 10.9. The van der Waals surface area contributed by atoms with Gasteiger partial charge in [-0.05, 0) is 31.4 Å². The zero-order valence-electron chi connectivity index (χ0n) is 18.0. The van der Waals surface area contributed by atoms with Crippen LogP contribution < -0.4 is 5.32 Å². The van der Waals surface area contributed by atoms with Crippen LogP contribution in [0.3, 0.4) is 0 Å². The summed E-state index contributed by atoms with van der Waals surface area (Å²) in [6.45, 7) is 7.35. The number of amides is 1. The fourth-order valence-electron chi connectivity index (χ4n) is 4.34. The predicted molar refractivity (Wildman–Crippen MR) is 117 cm³/mol. The third-order valence-electron chi connectivity index (χ3n) is 6.07. The molecule has 2 fully saturated rings. The minimum atomic E-state index is 0.124. The van der Waals surface area contributed by atoms with Crippen LogP contribution in [0, 0.1) is 12.8 Å². The zero-order chi connectivity index (χ0) is 20.9. The lowest BCUT2D eigenvalue weighted by atomic mass is 9.95. The van der Waals surface area contributed by atoms with Crippen LogP contribution in [0.5, 0.6) is 0 Å². The van der Waals surface area contributed by atoms with E-state index in [2.05, 4.69) is 38.8 Å². The second kappa shape index (κ2) is 9.47. The topological polar surface area (TPSA) is 74.5 Å². The number of pyridine rings is 1. The number of aliphatic imine (C=N–C) groups is 1. The van der Waals surface area contributed by atoms with Crippen molar-refractivity contribution < 1.29 is 9.53 Å². The zero-order valence-corrected chi connectivity index (χ0v) is 18.0. The van der Waals surface area contributed by atoms with E-state index in [-0.39, 0.29) is 5.92 Å². The Bertz CT molecular complexity index is 894. The monoisotopic (exact) mass is 412 g/mol. The van der Waals surface area contributed by atoms with E-state index < -0.39 is 0 Å². The van der Waals surface area contributed by atoms with E-state index in [9.17, 15) is 4.79 Å². The number of aryl methyl sites for hydroxylation is 1. The number of nitrogens with zero attached hydrogens (tertiary/aromatic N) is 5. The van der Waals surface area contributed by atoms with Crippen LogP contribution in [0.25, 0.3) is 5.65 Å². The molecule has 0 atom stereocenters. The minimum Gasteiger partial charge on any atom is -0.378 e. The Balaban J connectivity index is 1.25. The lowest BCUT2D eigenvalue weighted by molar-refractivity contribution is -0.140. The Morgan fingerprint density at radius 1 is 1.23 bits per heavy atom. The fourth-order valence-corrected chi connectivity index (χ4v) is 4.34. The standard InChI is InChI=1S/C22H32N6O2/c1-17-4-3-9-28-16-19(25-20(17)28)5-8-24-22(23-2)27-10-6-18(7-11-27)21(29)26-12-14-30-15-13-26/h3-4,9,16,18H,5-8,10-15H2,1-2H3,(H,23,24). The molecule has 0 unspecified atom stereocenters. The number of hydrogen-bond donors (Lipinski definition) is 1. The number of carbonyl (C=O) groups is 1. The van der Waals surface area contributed by atoms with Crippen LogP contribution in [-0.4, -0.2) is 84.0 Å².